The Morgan fingerprint density at radius 1 is 1.09 bits per heavy atom. The fraction of sp³-hybridized carbons (Fsp3) is 0.292. The molecule has 0 saturated heterocycles. The highest BCUT2D eigenvalue weighted by atomic mass is 16.5. The maximum Gasteiger partial charge on any atom is 0.256 e. The second-order valence-corrected chi connectivity index (χ2v) is 7.55. The lowest BCUT2D eigenvalue weighted by molar-refractivity contribution is 0.102. The molecule has 4 aromatic rings. The molecule has 0 saturated carbocycles. The highest BCUT2D eigenvalue weighted by molar-refractivity contribution is 6.08. The van der Waals surface area contributed by atoms with E-state index in [1.165, 1.54) is 0 Å². The summed E-state index contributed by atoms with van der Waals surface area (Å²) >= 11 is 0. The number of rotatable bonds is 9. The summed E-state index contributed by atoms with van der Waals surface area (Å²) in [7, 11) is 0. The number of benzene rings is 2. The molecule has 2 N–H and O–H groups in total. The molecule has 166 valence electrons. The van der Waals surface area contributed by atoms with E-state index in [0.717, 1.165) is 46.5 Å². The van der Waals surface area contributed by atoms with Crippen molar-refractivity contribution in [2.24, 2.45) is 0 Å². The van der Waals surface area contributed by atoms with Gasteiger partial charge in [-0.1, -0.05) is 18.5 Å². The smallest absolute Gasteiger partial charge is 0.256 e. The van der Waals surface area contributed by atoms with E-state index in [1.54, 1.807) is 24.3 Å². The first-order valence-electron chi connectivity index (χ1n) is 10.6. The van der Waals surface area contributed by atoms with Crippen molar-refractivity contribution in [3.63, 3.8) is 0 Å². The van der Waals surface area contributed by atoms with Crippen LogP contribution in [0, 0.1) is 13.8 Å². The summed E-state index contributed by atoms with van der Waals surface area (Å²) < 4.78 is 16.7. The van der Waals surface area contributed by atoms with Crippen LogP contribution in [0.5, 0.6) is 11.5 Å². The van der Waals surface area contributed by atoms with Crippen LogP contribution >= 0.6 is 0 Å². The largest absolute Gasteiger partial charge is 0.494 e. The van der Waals surface area contributed by atoms with E-state index >= 15 is 0 Å². The highest BCUT2D eigenvalue weighted by Gasteiger charge is 2.14. The first kappa shape index (κ1) is 21.4. The molecule has 0 spiro atoms. The van der Waals surface area contributed by atoms with E-state index in [-0.39, 0.29) is 5.91 Å². The van der Waals surface area contributed by atoms with E-state index in [0.29, 0.717) is 30.3 Å². The van der Waals surface area contributed by atoms with Crippen LogP contribution in [0.4, 0.5) is 5.82 Å². The molecule has 0 unspecified atom stereocenters. The molecule has 0 fully saturated rings. The number of aryl methyl sites for hydroxylation is 2. The molecule has 8 heteroatoms. The normalized spacial score (nSPS) is 11.0. The average molecular weight is 434 g/mol. The molecule has 0 aliphatic rings. The Balaban J connectivity index is 1.44. The van der Waals surface area contributed by atoms with Crippen molar-refractivity contribution < 1.29 is 18.8 Å². The van der Waals surface area contributed by atoms with Gasteiger partial charge in [0.15, 0.2) is 5.82 Å². The third kappa shape index (κ3) is 4.74. The zero-order valence-corrected chi connectivity index (χ0v) is 18.4. The van der Waals surface area contributed by atoms with Gasteiger partial charge >= 0.3 is 0 Å². The zero-order valence-electron chi connectivity index (χ0n) is 18.4. The monoisotopic (exact) mass is 434 g/mol. The van der Waals surface area contributed by atoms with Gasteiger partial charge in [-0.2, -0.15) is 5.10 Å². The van der Waals surface area contributed by atoms with Gasteiger partial charge in [-0.3, -0.25) is 9.89 Å². The van der Waals surface area contributed by atoms with Gasteiger partial charge in [0.25, 0.3) is 5.91 Å². The molecule has 2 heterocycles. The molecule has 0 aliphatic carbocycles. The van der Waals surface area contributed by atoms with Gasteiger partial charge in [0.2, 0.25) is 0 Å². The first-order valence-corrected chi connectivity index (χ1v) is 10.6. The quantitative estimate of drug-likeness (QED) is 0.352. The number of carbonyl (C=O) groups excluding carboxylic acids is 1. The van der Waals surface area contributed by atoms with Crippen LogP contribution in [-0.4, -0.2) is 27.9 Å². The van der Waals surface area contributed by atoms with Crippen LogP contribution in [-0.2, 0) is 6.61 Å². The topological polar surface area (TPSA) is 102 Å². The number of unbranched alkanes of at least 4 members (excludes halogenated alkanes) is 1. The summed E-state index contributed by atoms with van der Waals surface area (Å²) in [5, 5.41) is 14.7. The van der Waals surface area contributed by atoms with Gasteiger partial charge in [-0.15, -0.1) is 0 Å². The molecule has 2 aromatic heterocycles. The maximum atomic E-state index is 12.7. The number of aromatic nitrogens is 3. The number of hydrogen-bond acceptors (Lipinski definition) is 6. The van der Waals surface area contributed by atoms with Crippen molar-refractivity contribution in [1.82, 2.24) is 15.4 Å². The summed E-state index contributed by atoms with van der Waals surface area (Å²) in [5.41, 5.74) is 3.05. The summed E-state index contributed by atoms with van der Waals surface area (Å²) in [5.74, 6) is 2.33. The second-order valence-electron chi connectivity index (χ2n) is 7.55. The molecular weight excluding hydrogens is 408 g/mol. The third-order valence-corrected chi connectivity index (χ3v) is 5.21. The van der Waals surface area contributed by atoms with Crippen molar-refractivity contribution >= 4 is 22.6 Å². The van der Waals surface area contributed by atoms with E-state index in [4.69, 9.17) is 14.0 Å². The zero-order chi connectivity index (χ0) is 22.5. The average Bonchev–Trinajstić information content (AvgIpc) is 3.35. The van der Waals surface area contributed by atoms with Gasteiger partial charge in [0.05, 0.1) is 23.4 Å². The number of nitrogens with zero attached hydrogens (tertiary/aromatic N) is 2. The number of carbonyl (C=O) groups is 1. The summed E-state index contributed by atoms with van der Waals surface area (Å²) in [6.45, 7) is 6.87. The van der Waals surface area contributed by atoms with Crippen molar-refractivity contribution in [2.45, 2.75) is 40.2 Å². The number of ether oxygens (including phenoxy) is 2. The van der Waals surface area contributed by atoms with Gasteiger partial charge in [-0.05, 0) is 62.7 Å². The molecule has 32 heavy (non-hydrogen) atoms. The van der Waals surface area contributed by atoms with E-state index in [1.807, 2.05) is 32.0 Å². The number of H-pyrrole nitrogens is 1. The Morgan fingerprint density at radius 2 is 1.88 bits per heavy atom. The SMILES string of the molecule is CCCCOc1ccc(C(=O)Nc2n[nH]c3ccc(OCc4c(C)noc4C)cc23)cc1. The molecule has 0 bridgehead atoms. The fourth-order valence-electron chi connectivity index (χ4n) is 3.26. The molecule has 8 nitrogen and oxygen atoms in total. The lowest BCUT2D eigenvalue weighted by atomic mass is 10.2. The van der Waals surface area contributed by atoms with Crippen molar-refractivity contribution in [3.05, 3.63) is 65.0 Å². The number of anilines is 1. The minimum Gasteiger partial charge on any atom is -0.494 e. The van der Waals surface area contributed by atoms with Gasteiger partial charge < -0.3 is 19.3 Å². The molecule has 0 radical (unpaired) electrons. The van der Waals surface area contributed by atoms with Crippen LogP contribution in [0.25, 0.3) is 10.9 Å². The van der Waals surface area contributed by atoms with Crippen LogP contribution in [0.15, 0.2) is 47.0 Å². The molecule has 0 atom stereocenters. The van der Waals surface area contributed by atoms with E-state index in [9.17, 15) is 4.79 Å². The minimum atomic E-state index is -0.249. The maximum absolute atomic E-state index is 12.7. The Morgan fingerprint density at radius 3 is 2.59 bits per heavy atom. The van der Waals surface area contributed by atoms with E-state index < -0.39 is 0 Å². The lowest BCUT2D eigenvalue weighted by Crippen LogP contribution is -2.12. The number of fused-ring (bicyclic) bond motifs is 1. The van der Waals surface area contributed by atoms with Gasteiger partial charge in [0, 0.05) is 10.9 Å². The Kier molecular flexibility index (Phi) is 6.39. The van der Waals surface area contributed by atoms with Gasteiger partial charge in [0.1, 0.15) is 23.9 Å². The minimum absolute atomic E-state index is 0.249. The Hall–Kier alpha value is -3.81. The summed E-state index contributed by atoms with van der Waals surface area (Å²) in [6.07, 6.45) is 2.07. The highest BCUT2D eigenvalue weighted by Crippen LogP contribution is 2.27. The van der Waals surface area contributed by atoms with E-state index in [2.05, 4.69) is 27.6 Å². The summed E-state index contributed by atoms with van der Waals surface area (Å²) in [4.78, 5) is 12.7. The number of aromatic amines is 1. The second kappa shape index (κ2) is 9.55. The van der Waals surface area contributed by atoms with Crippen LogP contribution in [0.1, 0.15) is 47.1 Å². The molecule has 2 aromatic carbocycles. The van der Waals surface area contributed by atoms with Crippen molar-refractivity contribution in [2.75, 3.05) is 11.9 Å². The predicted molar refractivity (Wildman–Crippen MR) is 121 cm³/mol. The van der Waals surface area contributed by atoms with Gasteiger partial charge in [-0.25, -0.2) is 0 Å². The Bertz CT molecular complexity index is 1190. The first-order chi connectivity index (χ1) is 15.5. The third-order valence-electron chi connectivity index (χ3n) is 5.21. The predicted octanol–water partition coefficient (Wildman–Crippen LogP) is 5.18. The lowest BCUT2D eigenvalue weighted by Gasteiger charge is -2.08. The van der Waals surface area contributed by atoms with Crippen LogP contribution in [0.3, 0.4) is 0 Å². The molecular formula is C24H26N4O4. The Labute approximate surface area is 185 Å². The molecule has 1 amide bonds. The van der Waals surface area contributed by atoms with Crippen LogP contribution in [0.2, 0.25) is 0 Å². The standard InChI is InChI=1S/C24H26N4O4/c1-4-5-12-30-18-8-6-17(7-9-18)24(29)25-23-20-13-19(10-11-22(20)26-27-23)31-14-21-15(2)28-32-16(21)3/h6-11,13H,4-5,12,14H2,1-3H3,(H2,25,26,27,29). The number of amides is 1. The van der Waals surface area contributed by atoms with Crippen molar-refractivity contribution in [3.8, 4) is 11.5 Å². The fourth-order valence-corrected chi connectivity index (χ4v) is 3.26. The molecule has 0 aliphatic heterocycles. The molecule has 4 rings (SSSR count). The number of nitrogens with one attached hydrogen (secondary N) is 2. The van der Waals surface area contributed by atoms with Crippen LogP contribution < -0.4 is 14.8 Å². The number of hydrogen-bond donors (Lipinski definition) is 2. The van der Waals surface area contributed by atoms with Crippen molar-refractivity contribution in [1.29, 1.82) is 0 Å². The summed E-state index contributed by atoms with van der Waals surface area (Å²) in [6, 6.07) is 12.6.